The fourth-order valence-electron chi connectivity index (χ4n) is 15.7. The Hall–Kier alpha value is -11.4. The SMILES string of the molecule is C.C.CC(C)N1CCN(c2ccc(/C(=C(/CCCO)c3ccccc3)c3ccc(N)cc3)cc2)CC1.CC(C)N1CCN(c2ccc(/C(=C(/CCCO)c3ccccc3)c3ccc(N=C(N)N)cc3)cc2)CC1.CC(C)N1CCN(c2ccc(/C(=C(/CCCO)c3ccccc3)c3ccc(N=C(NC(=O)OC(C)(C)C)NC(=O)OC(C)(C)C)cc3)cc2)CC1.[OH-]. The molecule has 0 unspecified atom stereocenters. The second-order valence-corrected chi connectivity index (χ2v) is 34.1. The van der Waals surface area contributed by atoms with E-state index in [-0.39, 0.29) is 52.1 Å². The van der Waals surface area contributed by atoms with Crippen LogP contribution >= 0.6 is 0 Å². The third-order valence-electron chi connectivity index (χ3n) is 22.0. The predicted octanol–water partition coefficient (Wildman–Crippen LogP) is 19.5. The number of aliphatic hydroxyl groups is 3. The zero-order chi connectivity index (χ0) is 87.3. The number of hydrogen-bond donors (Lipinski definition) is 8. The van der Waals surface area contributed by atoms with Gasteiger partial charge in [0.15, 0.2) is 5.96 Å². The Morgan fingerprint density at radius 3 is 0.832 bits per heavy atom. The number of amides is 2. The van der Waals surface area contributed by atoms with Crippen LogP contribution in [-0.4, -0.2) is 187 Å². The van der Waals surface area contributed by atoms with E-state index in [0.29, 0.717) is 43.1 Å². The summed E-state index contributed by atoms with van der Waals surface area (Å²) in [6, 6.07) is 83.4. The number of nitrogens with two attached hydrogens (primary N) is 3. The molecule has 0 aliphatic carbocycles. The summed E-state index contributed by atoms with van der Waals surface area (Å²) in [5, 5.41) is 34.2. The number of ether oxygens (including phenoxy) is 2. The molecule has 3 aliphatic rings. The van der Waals surface area contributed by atoms with Crippen LogP contribution in [0.15, 0.2) is 247 Å². The van der Waals surface area contributed by atoms with Crippen molar-refractivity contribution in [3.63, 3.8) is 0 Å². The van der Waals surface area contributed by atoms with Gasteiger partial charge in [0.2, 0.25) is 5.96 Å². The molecule has 3 fully saturated rings. The fraction of sp³-hybridized carbons (Fsp3) is 0.385. The van der Waals surface area contributed by atoms with Gasteiger partial charge in [0.05, 0.1) is 11.4 Å². The van der Waals surface area contributed by atoms with Crippen LogP contribution in [0.4, 0.5) is 43.7 Å². The standard InChI is InChI=1S/C41H55N5O5.C31H39N5O.C30H37N3O.2CH4.H2O/c1-29(2)45-24-26-46(27-25-45)34-22-18-32(19-23-34)36(35(15-12-28-47)30-13-10-9-11-14-30)31-16-20-33(21-17-31)42-37(43-38(48)50-40(3,4)5)44-39(49)51-41(6,7)8;1-23(2)35-18-20-36(21-19-35)28-16-12-26(13-17-28)30(25-10-14-27(15-11-25)34-31(32)33)29(9-6-22-37)24-7-4-3-5-8-24;1-23(2)32-18-20-33(21-19-32)28-16-12-26(13-17-28)30(25-10-14-27(31)15-11-25)29(9-6-22-34)24-7-4-3-5-8-24;;;/h9-11,13-14,16-23,29,47H,12,15,24-28H2,1-8H3,(H2,42,43,44,48,49);3-5,7-8,10-17,23,37H,6,9,18-22H2,1-2H3,(H4,32,33,34);3-5,7-8,10-17,23,34H,6,9,18-22,31H2,1-2H3;2*1H4;1H2/p-1/b36-35-;2*30-29-;;;. The summed E-state index contributed by atoms with van der Waals surface area (Å²) in [5.74, 6) is -0.0824. The molecule has 125 heavy (non-hydrogen) atoms. The molecule has 21 heteroatoms. The van der Waals surface area contributed by atoms with Crippen molar-refractivity contribution >= 4 is 91.7 Å². The van der Waals surface area contributed by atoms with Crippen LogP contribution in [0.2, 0.25) is 0 Å². The number of aliphatic imine (C=N–C) groups is 2. The minimum atomic E-state index is -0.763. The van der Waals surface area contributed by atoms with E-state index in [9.17, 15) is 24.9 Å². The molecule has 3 aliphatic heterocycles. The van der Waals surface area contributed by atoms with Crippen molar-refractivity contribution < 1.29 is 39.9 Å². The molecule has 9 aromatic carbocycles. The van der Waals surface area contributed by atoms with E-state index in [1.807, 2.05) is 78.9 Å². The van der Waals surface area contributed by atoms with Crippen molar-refractivity contribution in [2.24, 2.45) is 21.5 Å². The number of guanidine groups is 2. The summed E-state index contributed by atoms with van der Waals surface area (Å²) >= 11 is 0. The van der Waals surface area contributed by atoms with E-state index in [4.69, 9.17) is 26.7 Å². The van der Waals surface area contributed by atoms with Crippen LogP contribution in [-0.2, 0) is 9.47 Å². The first-order valence-electron chi connectivity index (χ1n) is 43.4. The highest BCUT2D eigenvalue weighted by Gasteiger charge is 2.27. The molecule has 0 atom stereocenters. The second-order valence-electron chi connectivity index (χ2n) is 34.1. The van der Waals surface area contributed by atoms with Gasteiger partial charge in [-0.1, -0.05) is 179 Å². The number of carbonyl (C=O) groups is 2. The summed E-state index contributed by atoms with van der Waals surface area (Å²) in [4.78, 5) is 49.0. The maximum absolute atomic E-state index is 12.7. The van der Waals surface area contributed by atoms with Crippen LogP contribution in [0.1, 0.15) is 187 Å². The van der Waals surface area contributed by atoms with Crippen LogP contribution in [0.25, 0.3) is 33.4 Å². The maximum Gasteiger partial charge on any atom is 0.414 e. The molecule has 2 amide bonds. The minimum absolute atomic E-state index is 0. The van der Waals surface area contributed by atoms with Gasteiger partial charge in [-0.15, -0.1) is 0 Å². The van der Waals surface area contributed by atoms with Crippen LogP contribution in [0.3, 0.4) is 0 Å². The van der Waals surface area contributed by atoms with Crippen molar-refractivity contribution in [3.05, 3.63) is 287 Å². The molecule has 3 heterocycles. The predicted molar refractivity (Wildman–Crippen MR) is 523 cm³/mol. The number of carbonyl (C=O) groups excluding carboxylic acids is 2. The highest BCUT2D eigenvalue weighted by molar-refractivity contribution is 6.04. The van der Waals surface area contributed by atoms with Crippen molar-refractivity contribution in [2.45, 2.75) is 166 Å². The van der Waals surface area contributed by atoms with Crippen LogP contribution in [0.5, 0.6) is 0 Å². The van der Waals surface area contributed by atoms with Gasteiger partial charge in [0.25, 0.3) is 0 Å². The molecule has 9 aromatic rings. The number of nitrogen functional groups attached to an aromatic ring is 1. The fourth-order valence-corrected chi connectivity index (χ4v) is 15.7. The Balaban J connectivity index is 0.000000261. The number of hydrogen-bond acceptors (Lipinski definition) is 17. The van der Waals surface area contributed by atoms with Crippen LogP contribution < -0.4 is 42.5 Å². The topological polar surface area (TPSA) is 290 Å². The third-order valence-corrected chi connectivity index (χ3v) is 22.0. The molecule has 0 aromatic heterocycles. The van der Waals surface area contributed by atoms with Gasteiger partial charge in [0, 0.05) is 139 Å². The van der Waals surface area contributed by atoms with Crippen molar-refractivity contribution in [2.75, 3.05) is 119 Å². The van der Waals surface area contributed by atoms with E-state index in [0.717, 1.165) is 165 Å². The Morgan fingerprint density at radius 2 is 0.600 bits per heavy atom. The third kappa shape index (κ3) is 30.5. The molecule has 0 radical (unpaired) electrons. The minimum Gasteiger partial charge on any atom is -0.870 e. The monoisotopic (exact) mass is 1700 g/mol. The largest absolute Gasteiger partial charge is 0.870 e. The lowest BCUT2D eigenvalue weighted by atomic mass is 9.87. The van der Waals surface area contributed by atoms with Crippen molar-refractivity contribution in [1.29, 1.82) is 0 Å². The molecule has 12 N–H and O–H groups in total. The molecule has 3 saturated heterocycles. The lowest BCUT2D eigenvalue weighted by Gasteiger charge is -2.38. The highest BCUT2D eigenvalue weighted by Crippen LogP contribution is 2.41. The summed E-state index contributed by atoms with van der Waals surface area (Å²) in [6.07, 6.45) is 2.76. The van der Waals surface area contributed by atoms with Crippen molar-refractivity contribution in [1.82, 2.24) is 25.3 Å². The molecule has 670 valence electrons. The van der Waals surface area contributed by atoms with Gasteiger partial charge in [-0.3, -0.25) is 25.3 Å². The summed E-state index contributed by atoms with van der Waals surface area (Å²) in [6.45, 7) is 37.1. The number of alkyl carbamates (subject to hydrolysis) is 2. The zero-order valence-corrected chi connectivity index (χ0v) is 74.3. The van der Waals surface area contributed by atoms with Gasteiger partial charge in [-0.25, -0.2) is 19.6 Å². The number of nitrogens with zero attached hydrogens (tertiary/aromatic N) is 8. The van der Waals surface area contributed by atoms with Gasteiger partial charge >= 0.3 is 12.2 Å². The lowest BCUT2D eigenvalue weighted by molar-refractivity contribution is 0.0545. The van der Waals surface area contributed by atoms with Gasteiger partial charge < -0.3 is 62.2 Å². The van der Waals surface area contributed by atoms with E-state index in [1.165, 1.54) is 44.9 Å². The molecule has 12 rings (SSSR count). The first kappa shape index (κ1) is 101. The number of aliphatic hydroxyl groups excluding tert-OH is 3. The van der Waals surface area contributed by atoms with Gasteiger partial charge in [0.1, 0.15) is 11.2 Å². The molecule has 21 nitrogen and oxygen atoms in total. The molecule has 0 bridgehead atoms. The van der Waals surface area contributed by atoms with E-state index in [2.05, 4.69) is 249 Å². The smallest absolute Gasteiger partial charge is 0.414 e. The number of nitrogens with one attached hydrogen (secondary N) is 2. The molecular weight excluding hydrogens is 1560 g/mol. The number of anilines is 4. The maximum atomic E-state index is 12.7. The quantitative estimate of drug-likeness (QED) is 0.0108. The van der Waals surface area contributed by atoms with Crippen molar-refractivity contribution in [3.8, 4) is 0 Å². The second kappa shape index (κ2) is 49.3. The first-order valence-corrected chi connectivity index (χ1v) is 43.4. The summed E-state index contributed by atoms with van der Waals surface area (Å²) in [7, 11) is 0. The number of rotatable bonds is 26. The Kier molecular flexibility index (Phi) is 39.7. The number of piperazine rings is 3. The highest BCUT2D eigenvalue weighted by atomic mass is 16.6. The normalized spacial score (nSPS) is 14.5. The molecule has 0 saturated carbocycles. The van der Waals surface area contributed by atoms with Gasteiger partial charge in [-0.2, -0.15) is 0 Å². The van der Waals surface area contributed by atoms with Crippen LogP contribution in [0, 0.1) is 0 Å². The number of benzene rings is 9. The van der Waals surface area contributed by atoms with E-state index in [1.54, 1.807) is 41.5 Å². The average molecular weight is 1700 g/mol. The summed E-state index contributed by atoms with van der Waals surface area (Å²) in [5.41, 5.74) is 38.4. The Labute approximate surface area is 745 Å². The molecular formula is C104H140N13O8-. The zero-order valence-electron chi connectivity index (χ0n) is 74.3. The summed E-state index contributed by atoms with van der Waals surface area (Å²) < 4.78 is 10.8. The Bertz CT molecular complexity index is 4850. The number of allylic oxidation sites excluding steroid dienone is 3. The van der Waals surface area contributed by atoms with E-state index < -0.39 is 23.4 Å². The molecule has 0 spiro atoms. The first-order chi connectivity index (χ1) is 58.6. The van der Waals surface area contributed by atoms with E-state index >= 15 is 0 Å². The van der Waals surface area contributed by atoms with Gasteiger partial charge in [-0.05, 0) is 278 Å². The lowest BCUT2D eigenvalue weighted by Crippen LogP contribution is -2.48. The Morgan fingerprint density at radius 1 is 0.360 bits per heavy atom. The average Bonchev–Trinajstić information content (AvgIpc) is 0.801.